The first-order chi connectivity index (χ1) is 31.6. The Bertz CT molecular complexity index is 2770. The van der Waals surface area contributed by atoms with Crippen molar-refractivity contribution < 1.29 is 0 Å². The number of fused-ring (bicyclic) bond motifs is 7. The highest BCUT2D eigenvalue weighted by molar-refractivity contribution is 7.19. The molecule has 0 N–H and O–H groups in total. The lowest BCUT2D eigenvalue weighted by Crippen LogP contribution is -2.30. The van der Waals surface area contributed by atoms with Gasteiger partial charge in [0.1, 0.15) is 11.0 Å². The summed E-state index contributed by atoms with van der Waals surface area (Å²) in [6.45, 7) is 19.2. The van der Waals surface area contributed by atoms with Gasteiger partial charge in [-0.2, -0.15) is 8.75 Å². The molecule has 3 heterocycles. The summed E-state index contributed by atoms with van der Waals surface area (Å²) in [6.07, 6.45) is 9.52. The van der Waals surface area contributed by atoms with E-state index in [9.17, 15) is 0 Å². The minimum atomic E-state index is 0.0282. The van der Waals surface area contributed by atoms with E-state index in [2.05, 4.69) is 177 Å². The molecule has 0 saturated heterocycles. The predicted octanol–water partition coefficient (Wildman–Crippen LogP) is 18.8. The van der Waals surface area contributed by atoms with Crippen molar-refractivity contribution in [3.8, 4) is 64.0 Å². The largest absolute Gasteiger partial charge is 0.172 e. The van der Waals surface area contributed by atoms with E-state index in [4.69, 9.17) is 8.75 Å². The summed E-state index contributed by atoms with van der Waals surface area (Å²) in [5, 5.41) is 0. The summed E-state index contributed by atoms with van der Waals surface area (Å²) in [5.41, 5.74) is 18.8. The van der Waals surface area contributed by atoms with Crippen molar-refractivity contribution in [2.75, 3.05) is 0 Å². The molecule has 0 spiro atoms. The molecule has 0 aliphatic heterocycles. The first kappa shape index (κ1) is 44.2. The number of aromatic nitrogens is 2. The van der Waals surface area contributed by atoms with Crippen LogP contribution in [0.1, 0.15) is 129 Å². The van der Waals surface area contributed by atoms with Gasteiger partial charge in [-0.25, -0.2) is 0 Å². The van der Waals surface area contributed by atoms with Crippen LogP contribution in [0.25, 0.3) is 75.0 Å². The quantitative estimate of drug-likeness (QED) is 0.0965. The number of hydrogen-bond acceptors (Lipinski definition) is 5. The van der Waals surface area contributed by atoms with Crippen molar-refractivity contribution in [1.82, 2.24) is 8.75 Å². The monoisotopic (exact) mass is 908 g/mol. The molecule has 0 saturated carbocycles. The van der Waals surface area contributed by atoms with Gasteiger partial charge in [-0.3, -0.25) is 0 Å². The highest BCUT2D eigenvalue weighted by atomic mass is 32.1. The normalized spacial score (nSPS) is 19.1. The average molecular weight is 909 g/mol. The summed E-state index contributed by atoms with van der Waals surface area (Å²) in [7, 11) is 0. The SMILES string of the molecule is CCC(C)CC1(CC(C)CC)c2ccccc2-c2ccc(-c3ccc(-c4ccc(-c5ccc(-c6ccc7c(c6)C(CC(C)CC)(CC(C)CC)c6ccccc6-7)s5)c5nsnc45)s3)cc21. The smallest absolute Gasteiger partial charge is 0.114 e. The zero-order valence-electron chi connectivity index (χ0n) is 39.6. The first-order valence-corrected chi connectivity index (χ1v) is 26.9. The third-order valence-electron chi connectivity index (χ3n) is 15.8. The second kappa shape index (κ2) is 17.8. The van der Waals surface area contributed by atoms with Crippen LogP contribution >= 0.6 is 34.4 Å². The van der Waals surface area contributed by atoms with Crippen molar-refractivity contribution in [2.24, 2.45) is 23.7 Å². The molecule has 4 unspecified atom stereocenters. The van der Waals surface area contributed by atoms with E-state index in [1.807, 2.05) is 22.7 Å². The summed E-state index contributed by atoms with van der Waals surface area (Å²) in [4.78, 5) is 5.08. The van der Waals surface area contributed by atoms with Crippen LogP contribution < -0.4 is 0 Å². The third-order valence-corrected chi connectivity index (χ3v) is 18.7. The Morgan fingerprint density at radius 3 is 1.11 bits per heavy atom. The van der Waals surface area contributed by atoms with Gasteiger partial charge in [0.05, 0.1) is 11.7 Å². The lowest BCUT2D eigenvalue weighted by Gasteiger charge is -2.37. The number of benzene rings is 5. The Kier molecular flexibility index (Phi) is 12.1. The Balaban J connectivity index is 0.981. The number of rotatable bonds is 16. The molecule has 4 atom stereocenters. The van der Waals surface area contributed by atoms with Gasteiger partial charge in [0.25, 0.3) is 0 Å². The molecule has 10 rings (SSSR count). The van der Waals surface area contributed by atoms with Crippen molar-refractivity contribution in [3.05, 3.63) is 144 Å². The van der Waals surface area contributed by atoms with Gasteiger partial charge in [0.15, 0.2) is 0 Å². The Hall–Kier alpha value is -4.68. The van der Waals surface area contributed by atoms with Crippen molar-refractivity contribution in [2.45, 2.75) is 118 Å². The molecule has 0 radical (unpaired) electrons. The maximum Gasteiger partial charge on any atom is 0.114 e. The lowest BCUT2D eigenvalue weighted by molar-refractivity contribution is 0.308. The Labute approximate surface area is 400 Å². The second-order valence-corrected chi connectivity index (χ2v) is 22.8. The van der Waals surface area contributed by atoms with Crippen LogP contribution in [-0.4, -0.2) is 8.75 Å². The molecule has 332 valence electrons. The van der Waals surface area contributed by atoms with Gasteiger partial charge in [0.2, 0.25) is 0 Å². The highest BCUT2D eigenvalue weighted by Crippen LogP contribution is 2.58. The van der Waals surface area contributed by atoms with E-state index in [1.54, 1.807) is 0 Å². The Morgan fingerprint density at radius 2 is 0.723 bits per heavy atom. The average Bonchev–Trinajstić information content (AvgIpc) is 4.20. The standard InChI is InChI=1S/C60H64N2S3/c1-9-37(5)33-59(34-38(6)10-2)49-19-15-13-17-43(49)45-23-21-41(31-51(45)59)53-27-29-55(63-53)47-25-26-48(58-57(47)61-65-62-58)56-30-28-54(64-56)42-22-24-46-44-18-14-16-20-50(44)60(52(46)32-42,35-39(7)11-3)36-40(8)12-4/h13-32,37-40H,9-12,33-36H2,1-8H3. The van der Waals surface area contributed by atoms with Gasteiger partial charge < -0.3 is 0 Å². The molecule has 8 aromatic rings. The maximum absolute atomic E-state index is 4.97. The van der Waals surface area contributed by atoms with E-state index >= 15 is 0 Å². The van der Waals surface area contributed by atoms with Crippen molar-refractivity contribution in [1.29, 1.82) is 0 Å². The number of hydrogen-bond donors (Lipinski definition) is 0. The fraction of sp³-hybridized carbons (Fsp3) is 0.367. The highest BCUT2D eigenvalue weighted by Gasteiger charge is 2.46. The van der Waals surface area contributed by atoms with Gasteiger partial charge in [-0.15, -0.1) is 22.7 Å². The van der Waals surface area contributed by atoms with Gasteiger partial charge in [-0.1, -0.05) is 166 Å². The van der Waals surface area contributed by atoms with Gasteiger partial charge in [0, 0.05) is 41.5 Å². The lowest BCUT2D eigenvalue weighted by atomic mass is 9.66. The minimum absolute atomic E-state index is 0.0282. The molecule has 2 aliphatic carbocycles. The van der Waals surface area contributed by atoms with E-state index < -0.39 is 0 Å². The van der Waals surface area contributed by atoms with Crippen LogP contribution in [0.2, 0.25) is 0 Å². The summed E-state index contributed by atoms with van der Waals surface area (Å²) >= 11 is 5.09. The second-order valence-electron chi connectivity index (χ2n) is 20.1. The van der Waals surface area contributed by atoms with E-state index in [0.717, 1.165) is 11.0 Å². The van der Waals surface area contributed by atoms with E-state index in [0.29, 0.717) is 23.7 Å². The summed E-state index contributed by atoms with van der Waals surface area (Å²) in [6, 6.07) is 47.1. The molecule has 2 nitrogen and oxygen atoms in total. The van der Waals surface area contributed by atoms with Gasteiger partial charge in [-0.05, 0) is 141 Å². The number of nitrogens with zero attached hydrogens (tertiary/aromatic N) is 2. The maximum atomic E-state index is 4.97. The van der Waals surface area contributed by atoms with Crippen LogP contribution in [0.4, 0.5) is 0 Å². The fourth-order valence-electron chi connectivity index (χ4n) is 11.8. The molecule has 0 bridgehead atoms. The molecular formula is C60H64N2S3. The number of thiophene rings is 2. The van der Waals surface area contributed by atoms with Crippen LogP contribution in [0.15, 0.2) is 121 Å². The molecule has 5 aromatic carbocycles. The molecule has 65 heavy (non-hydrogen) atoms. The van der Waals surface area contributed by atoms with Crippen LogP contribution in [0, 0.1) is 23.7 Å². The minimum Gasteiger partial charge on any atom is -0.172 e. The topological polar surface area (TPSA) is 25.8 Å². The van der Waals surface area contributed by atoms with Crippen LogP contribution in [0.5, 0.6) is 0 Å². The van der Waals surface area contributed by atoms with E-state index in [-0.39, 0.29) is 10.8 Å². The molecule has 3 aromatic heterocycles. The zero-order valence-corrected chi connectivity index (χ0v) is 42.1. The van der Waals surface area contributed by atoms with Gasteiger partial charge >= 0.3 is 0 Å². The van der Waals surface area contributed by atoms with Crippen molar-refractivity contribution in [3.63, 3.8) is 0 Å². The summed E-state index contributed by atoms with van der Waals surface area (Å²) in [5.74, 6) is 2.57. The molecule has 0 fully saturated rings. The van der Waals surface area contributed by atoms with E-state index in [1.165, 1.54) is 149 Å². The van der Waals surface area contributed by atoms with Crippen molar-refractivity contribution >= 4 is 45.4 Å². The predicted molar refractivity (Wildman–Crippen MR) is 284 cm³/mol. The molecular weight excluding hydrogens is 845 g/mol. The third kappa shape index (κ3) is 7.58. The molecule has 5 heteroatoms. The zero-order chi connectivity index (χ0) is 45.0. The first-order valence-electron chi connectivity index (χ1n) is 24.6. The molecule has 0 amide bonds. The fourth-order valence-corrected chi connectivity index (χ4v) is 14.4. The summed E-state index contributed by atoms with van der Waals surface area (Å²) < 4.78 is 9.93. The Morgan fingerprint density at radius 1 is 0.385 bits per heavy atom. The van der Waals surface area contributed by atoms with Crippen LogP contribution in [-0.2, 0) is 10.8 Å². The molecule has 2 aliphatic rings. The van der Waals surface area contributed by atoms with Crippen LogP contribution in [0.3, 0.4) is 0 Å².